The largest absolute Gasteiger partial charge is 0.497 e. The molecule has 0 saturated heterocycles. The number of carbonyl (C=O) groups excluding carboxylic acids is 2. The van der Waals surface area contributed by atoms with Crippen LogP contribution in [0.2, 0.25) is 0 Å². The number of fused-ring (bicyclic) bond motifs is 1. The Labute approximate surface area is 263 Å². The van der Waals surface area contributed by atoms with Crippen LogP contribution in [0.1, 0.15) is 61.0 Å². The first-order chi connectivity index (χ1) is 21.6. The van der Waals surface area contributed by atoms with Crippen molar-refractivity contribution in [3.8, 4) is 22.8 Å². The summed E-state index contributed by atoms with van der Waals surface area (Å²) < 4.78 is 29.8. The second kappa shape index (κ2) is 13.0. The van der Waals surface area contributed by atoms with Crippen molar-refractivity contribution in [1.29, 1.82) is 0 Å². The minimum atomic E-state index is -0.872. The molecule has 0 aliphatic carbocycles. The van der Waals surface area contributed by atoms with Gasteiger partial charge in [0, 0.05) is 17.2 Å². The zero-order valence-corrected chi connectivity index (χ0v) is 26.9. The van der Waals surface area contributed by atoms with Crippen molar-refractivity contribution < 1.29 is 33.0 Å². The van der Waals surface area contributed by atoms with E-state index in [0.717, 1.165) is 11.1 Å². The summed E-state index contributed by atoms with van der Waals surface area (Å²) in [6, 6.07) is 13.2. The smallest absolute Gasteiger partial charge is 0.338 e. The van der Waals surface area contributed by atoms with Crippen molar-refractivity contribution in [3.63, 3.8) is 0 Å². The van der Waals surface area contributed by atoms with Crippen LogP contribution in [-0.4, -0.2) is 43.4 Å². The van der Waals surface area contributed by atoms with E-state index in [9.17, 15) is 14.4 Å². The van der Waals surface area contributed by atoms with E-state index in [0.29, 0.717) is 49.2 Å². The molecule has 0 bridgehead atoms. The van der Waals surface area contributed by atoms with E-state index < -0.39 is 12.0 Å². The maximum Gasteiger partial charge on any atom is 0.338 e. The molecule has 5 rings (SSSR count). The third-order valence-electron chi connectivity index (χ3n) is 7.22. The van der Waals surface area contributed by atoms with Crippen molar-refractivity contribution >= 4 is 29.4 Å². The van der Waals surface area contributed by atoms with Crippen LogP contribution < -0.4 is 24.4 Å². The molecule has 0 radical (unpaired) electrons. The summed E-state index contributed by atoms with van der Waals surface area (Å²) in [6.45, 7) is 9.09. The van der Waals surface area contributed by atoms with Crippen LogP contribution in [0.3, 0.4) is 0 Å². The topological polar surface area (TPSA) is 119 Å². The number of carbonyl (C=O) groups is 2. The molecule has 11 heteroatoms. The average Bonchev–Trinajstić information content (AvgIpc) is 3.59. The zero-order valence-electron chi connectivity index (χ0n) is 26.1. The predicted octanol–water partition coefficient (Wildman–Crippen LogP) is 4.95. The van der Waals surface area contributed by atoms with Gasteiger partial charge in [0.1, 0.15) is 29.1 Å². The van der Waals surface area contributed by atoms with Gasteiger partial charge in [-0.2, -0.15) is 0 Å². The maximum absolute atomic E-state index is 14.0. The lowest BCUT2D eigenvalue weighted by Crippen LogP contribution is -2.40. The maximum atomic E-state index is 14.0. The Balaban J connectivity index is 1.59. The van der Waals surface area contributed by atoms with Crippen molar-refractivity contribution in [3.05, 3.63) is 102 Å². The molecule has 0 unspecified atom stereocenters. The van der Waals surface area contributed by atoms with Gasteiger partial charge in [-0.25, -0.2) is 14.6 Å². The Hall–Kier alpha value is -4.90. The molecule has 0 saturated carbocycles. The molecule has 45 heavy (non-hydrogen) atoms. The van der Waals surface area contributed by atoms with Gasteiger partial charge in [0.15, 0.2) is 4.80 Å². The van der Waals surface area contributed by atoms with E-state index in [1.807, 2.05) is 19.1 Å². The van der Waals surface area contributed by atoms with Crippen LogP contribution in [0.25, 0.3) is 17.4 Å². The summed E-state index contributed by atoms with van der Waals surface area (Å²) in [6.07, 6.45) is 1.44. The van der Waals surface area contributed by atoms with Crippen molar-refractivity contribution in [2.75, 3.05) is 20.8 Å². The number of aryl methyl sites for hydroxylation is 1. The van der Waals surface area contributed by atoms with Crippen molar-refractivity contribution in [2.45, 2.75) is 46.8 Å². The molecule has 10 nitrogen and oxygen atoms in total. The number of allylic oxidation sites excluding steroid dienone is 1. The molecule has 1 aliphatic heterocycles. The number of hydrogen-bond acceptors (Lipinski definition) is 10. The predicted molar refractivity (Wildman–Crippen MR) is 169 cm³/mol. The van der Waals surface area contributed by atoms with Gasteiger partial charge in [-0.15, -0.1) is 0 Å². The van der Waals surface area contributed by atoms with Crippen LogP contribution >= 0.6 is 11.3 Å². The molecule has 1 aliphatic rings. The second-order valence-corrected chi connectivity index (χ2v) is 11.6. The summed E-state index contributed by atoms with van der Waals surface area (Å²) in [5.41, 5.74) is 2.96. The van der Waals surface area contributed by atoms with E-state index in [4.69, 9.17) is 23.4 Å². The summed E-state index contributed by atoms with van der Waals surface area (Å²) in [4.78, 5) is 44.7. The van der Waals surface area contributed by atoms with Gasteiger partial charge in [-0.05, 0) is 82.6 Å². The summed E-state index contributed by atoms with van der Waals surface area (Å²) >= 11 is 1.19. The number of benzene rings is 2. The van der Waals surface area contributed by atoms with Crippen LogP contribution in [0.15, 0.2) is 74.0 Å². The second-order valence-electron chi connectivity index (χ2n) is 10.6. The Morgan fingerprint density at radius 2 is 1.82 bits per heavy atom. The van der Waals surface area contributed by atoms with Gasteiger partial charge < -0.3 is 23.4 Å². The standard InChI is InChI=1S/C34H34N2O8S/c1-8-42-33(39)29-20(5)35-34-36(30(29)25-16-22(40-6)10-13-26(25)41-7)31(37)28(45-34)17-23-11-14-27(44-23)24-12-9-21(15-19(24)4)32(38)43-18(2)3/h9-18,30H,8H2,1-7H3/b28-17+/t30-/m0/s1. The van der Waals surface area contributed by atoms with E-state index >= 15 is 0 Å². The minimum Gasteiger partial charge on any atom is -0.497 e. The van der Waals surface area contributed by atoms with Crippen molar-refractivity contribution in [2.24, 2.45) is 4.99 Å². The fourth-order valence-electron chi connectivity index (χ4n) is 5.19. The number of thiazole rings is 1. The van der Waals surface area contributed by atoms with Crippen LogP contribution in [-0.2, 0) is 14.3 Å². The fraction of sp³-hybridized carbons (Fsp3) is 0.294. The number of methoxy groups -OCH3 is 2. The molecular formula is C34H34N2O8S. The quantitative estimate of drug-likeness (QED) is 0.239. The van der Waals surface area contributed by atoms with Crippen LogP contribution in [0.5, 0.6) is 11.5 Å². The lowest BCUT2D eigenvalue weighted by atomic mass is 9.95. The number of esters is 2. The van der Waals surface area contributed by atoms with Gasteiger partial charge in [0.25, 0.3) is 5.56 Å². The summed E-state index contributed by atoms with van der Waals surface area (Å²) in [7, 11) is 3.06. The Morgan fingerprint density at radius 1 is 1.04 bits per heavy atom. The molecule has 1 atom stereocenters. The van der Waals surface area contributed by atoms with Gasteiger partial charge in [-0.3, -0.25) is 9.36 Å². The molecule has 0 fully saturated rings. The van der Waals surface area contributed by atoms with E-state index in [-0.39, 0.29) is 29.8 Å². The van der Waals surface area contributed by atoms with Gasteiger partial charge in [0.2, 0.25) is 0 Å². The molecule has 0 spiro atoms. The molecule has 0 N–H and O–H groups in total. The molecule has 3 heterocycles. The number of rotatable bonds is 9. The highest BCUT2D eigenvalue weighted by atomic mass is 32.1. The molecule has 0 amide bonds. The Morgan fingerprint density at radius 3 is 2.49 bits per heavy atom. The normalized spacial score (nSPS) is 14.7. The lowest BCUT2D eigenvalue weighted by molar-refractivity contribution is -0.139. The number of nitrogens with zero attached hydrogens (tertiary/aromatic N) is 2. The zero-order chi connectivity index (χ0) is 32.4. The van der Waals surface area contributed by atoms with Gasteiger partial charge in [0.05, 0.1) is 48.3 Å². The van der Waals surface area contributed by atoms with Gasteiger partial charge in [-0.1, -0.05) is 17.4 Å². The number of aromatic nitrogens is 1. The Kier molecular flexibility index (Phi) is 9.10. The van der Waals surface area contributed by atoms with Gasteiger partial charge >= 0.3 is 11.9 Å². The van der Waals surface area contributed by atoms with Crippen molar-refractivity contribution in [1.82, 2.24) is 4.57 Å². The summed E-state index contributed by atoms with van der Waals surface area (Å²) in [5.74, 6) is 1.08. The molecular weight excluding hydrogens is 596 g/mol. The first-order valence-corrected chi connectivity index (χ1v) is 15.2. The fourth-order valence-corrected chi connectivity index (χ4v) is 6.22. The van der Waals surface area contributed by atoms with Crippen LogP contribution in [0.4, 0.5) is 0 Å². The third-order valence-corrected chi connectivity index (χ3v) is 8.20. The van der Waals surface area contributed by atoms with E-state index in [1.54, 1.807) is 77.3 Å². The highest BCUT2D eigenvalue weighted by Gasteiger charge is 2.35. The first-order valence-electron chi connectivity index (χ1n) is 14.4. The van der Waals surface area contributed by atoms with E-state index in [1.165, 1.54) is 23.0 Å². The molecule has 4 aromatic rings. The Bertz CT molecular complexity index is 2000. The highest BCUT2D eigenvalue weighted by molar-refractivity contribution is 7.07. The third kappa shape index (κ3) is 6.21. The average molecular weight is 631 g/mol. The molecule has 234 valence electrons. The molecule has 2 aromatic carbocycles. The van der Waals surface area contributed by atoms with Crippen LogP contribution in [0, 0.1) is 6.92 Å². The lowest BCUT2D eigenvalue weighted by Gasteiger charge is -2.26. The first kappa shape index (κ1) is 31.5. The number of hydrogen-bond donors (Lipinski definition) is 0. The SMILES string of the molecule is CCOC(=O)C1=C(C)N=c2s/c(=C/c3ccc(-c4ccc(C(=O)OC(C)C)cc4C)o3)c(=O)n2[C@H]1c1cc(OC)ccc1OC. The monoisotopic (exact) mass is 630 g/mol. The number of ether oxygens (including phenoxy) is 4. The number of furan rings is 1. The summed E-state index contributed by atoms with van der Waals surface area (Å²) in [5, 5.41) is 0. The minimum absolute atomic E-state index is 0.160. The highest BCUT2D eigenvalue weighted by Crippen LogP contribution is 2.38. The molecule has 2 aromatic heterocycles. The van der Waals surface area contributed by atoms with E-state index in [2.05, 4.69) is 4.99 Å².